The van der Waals surface area contributed by atoms with Crippen LogP contribution in [0.5, 0.6) is 11.5 Å². The number of carbonyl (C=O) groups is 2. The zero-order chi connectivity index (χ0) is 61.5. The van der Waals surface area contributed by atoms with Gasteiger partial charge in [-0.05, 0) is 173 Å². The molecule has 21 heteroatoms. The normalized spacial score (nSPS) is 23.4. The predicted molar refractivity (Wildman–Crippen MR) is 341 cm³/mol. The minimum Gasteiger partial charge on any atom is -0.497 e. The van der Waals surface area contributed by atoms with Crippen LogP contribution in [0.25, 0.3) is 0 Å². The number of halogens is 3. The number of benzene rings is 4. The van der Waals surface area contributed by atoms with Crippen LogP contribution < -0.4 is 51.6 Å². The van der Waals surface area contributed by atoms with Gasteiger partial charge in [-0.25, -0.2) is 18.7 Å². The molecule has 2 saturated carbocycles. The second-order valence-electron chi connectivity index (χ2n) is 23.8. The van der Waals surface area contributed by atoms with Crippen molar-refractivity contribution >= 4 is 63.7 Å². The van der Waals surface area contributed by atoms with Crippen LogP contribution in [0.3, 0.4) is 0 Å². The van der Waals surface area contributed by atoms with Crippen molar-refractivity contribution in [2.24, 2.45) is 35.5 Å². The average Bonchev–Trinajstić information content (AvgIpc) is 2.50. The Balaban J connectivity index is 0.000000163. The molecule has 2 aliphatic heterocycles. The summed E-state index contributed by atoms with van der Waals surface area (Å²) in [7, 11) is 7.57. The van der Waals surface area contributed by atoms with Crippen LogP contribution in [0, 0.1) is 61.0 Å². The number of methoxy groups -OCH3 is 2. The molecule has 2 aromatic heterocycles. The number of nitrogen functional groups attached to an aromatic ring is 1. The van der Waals surface area contributed by atoms with Crippen molar-refractivity contribution in [1.82, 2.24) is 40.4 Å². The first-order chi connectivity index (χ1) is 41.9. The number of piperazine rings is 2. The molecule has 6 aromatic rings. The lowest BCUT2D eigenvalue weighted by Crippen LogP contribution is -2.44. The molecule has 10 atom stereocenters. The number of fused-ring (bicyclic) bond motifs is 4. The van der Waals surface area contributed by atoms with Gasteiger partial charge in [0.05, 0.1) is 50.5 Å². The van der Waals surface area contributed by atoms with E-state index in [1.807, 2.05) is 80.6 Å². The van der Waals surface area contributed by atoms with Crippen LogP contribution in [-0.2, 0) is 9.59 Å². The number of aromatic nitrogens is 4. The summed E-state index contributed by atoms with van der Waals surface area (Å²) in [6.07, 6.45) is 12.3. The molecular formula is C66H81ClF2N14O4. The minimum atomic E-state index is -0.591. The zero-order valence-electron chi connectivity index (χ0n) is 50.8. The summed E-state index contributed by atoms with van der Waals surface area (Å²) in [5, 5.41) is 15.9. The Labute approximate surface area is 514 Å². The number of anilines is 7. The van der Waals surface area contributed by atoms with Gasteiger partial charge in [0.25, 0.3) is 0 Å². The van der Waals surface area contributed by atoms with Crippen LogP contribution in [0.1, 0.15) is 61.0 Å². The van der Waals surface area contributed by atoms with E-state index < -0.39 is 11.6 Å². The molecule has 0 unspecified atom stereocenters. The number of carbonyl (C=O) groups excluding carboxylic acids is 2. The monoisotopic (exact) mass is 1210 g/mol. The zero-order valence-corrected chi connectivity index (χ0v) is 51.6. The third-order valence-electron chi connectivity index (χ3n) is 17.9. The number of nitrogens with one attached hydrogen (secondary N) is 5. The Morgan fingerprint density at radius 3 is 1.49 bits per heavy atom. The Kier molecular flexibility index (Phi) is 19.8. The Hall–Kier alpha value is -8.07. The third-order valence-corrected chi connectivity index (χ3v) is 18.1. The fourth-order valence-corrected chi connectivity index (χ4v) is 13.1. The van der Waals surface area contributed by atoms with E-state index >= 15 is 4.39 Å². The highest BCUT2D eigenvalue weighted by Gasteiger charge is 2.50. The van der Waals surface area contributed by atoms with Crippen molar-refractivity contribution < 1.29 is 27.8 Å². The lowest BCUT2D eigenvalue weighted by molar-refractivity contribution is -0.127. The molecular weight excluding hydrogens is 1130 g/mol. The fraction of sp³-hybridized carbons (Fsp3) is 0.424. The molecule has 460 valence electrons. The van der Waals surface area contributed by atoms with E-state index in [1.54, 1.807) is 14.2 Å². The van der Waals surface area contributed by atoms with Gasteiger partial charge in [0.2, 0.25) is 23.0 Å². The molecule has 12 rings (SSSR count). The van der Waals surface area contributed by atoms with Crippen LogP contribution in [0.4, 0.5) is 49.1 Å². The number of allylic oxidation sites excluding steroid dienone is 2. The van der Waals surface area contributed by atoms with Gasteiger partial charge >= 0.3 is 0 Å². The number of rotatable bonds is 16. The van der Waals surface area contributed by atoms with Crippen molar-refractivity contribution in [1.29, 1.82) is 0 Å². The van der Waals surface area contributed by atoms with Crippen LogP contribution in [-0.4, -0.2) is 134 Å². The van der Waals surface area contributed by atoms with E-state index in [9.17, 15) is 14.0 Å². The molecule has 4 aromatic carbocycles. The Morgan fingerprint density at radius 2 is 1.03 bits per heavy atom. The number of aryl methyl sites for hydroxylation is 2. The van der Waals surface area contributed by atoms with E-state index in [-0.39, 0.29) is 88.4 Å². The lowest BCUT2D eigenvalue weighted by Gasteiger charge is -2.35. The van der Waals surface area contributed by atoms with E-state index in [0.29, 0.717) is 5.95 Å². The summed E-state index contributed by atoms with van der Waals surface area (Å²) in [5.41, 5.74) is 14.4. The van der Waals surface area contributed by atoms with Crippen molar-refractivity contribution in [3.05, 3.63) is 161 Å². The van der Waals surface area contributed by atoms with Gasteiger partial charge in [-0.15, -0.1) is 0 Å². The number of hydrogen-bond acceptors (Lipinski definition) is 16. The number of likely N-dealkylation sites (N-methyl/N-ethyl adjacent to an activating group) is 2. The average molecular weight is 1210 g/mol. The first kappa shape index (κ1) is 62.0. The van der Waals surface area contributed by atoms with Crippen molar-refractivity contribution in [2.75, 3.05) is 112 Å². The summed E-state index contributed by atoms with van der Waals surface area (Å²) in [4.78, 5) is 52.5. The SMILES string of the molecule is COc1ccc([C@@H](C)NC(=O)[C@@H]2[C@H](Nc3nc(Cl)ncc3F)[C@H]3C=C[C@@H]2C3)cc1.COc1ccc([C@@H](C)NC(=O)[C@@H]2[C@H](Nc3nc(Nc4ccc(N5CCN(C)CC5)c(C)c4)ncc3F)[C@H]3C=C[C@@H]2C3)cc1.Cc1cc(N)ccc1N1CCN(C)CC1. The smallest absolute Gasteiger partial charge is 0.229 e. The van der Waals surface area contributed by atoms with Crippen LogP contribution >= 0.6 is 11.6 Å². The topological polar surface area (TPSA) is 203 Å². The molecule has 87 heavy (non-hydrogen) atoms. The minimum absolute atomic E-state index is 0.0250. The second kappa shape index (κ2) is 27.7. The molecule has 7 N–H and O–H groups in total. The number of ether oxygens (including phenoxy) is 2. The molecule has 6 aliphatic rings. The van der Waals surface area contributed by atoms with Crippen LogP contribution in [0.15, 0.2) is 122 Å². The van der Waals surface area contributed by atoms with Crippen molar-refractivity contribution in [2.45, 2.75) is 64.7 Å². The molecule has 4 fully saturated rings. The maximum absolute atomic E-state index is 15.0. The quantitative estimate of drug-likeness (QED) is 0.0303. The number of nitrogens with zero attached hydrogens (tertiary/aromatic N) is 8. The fourth-order valence-electron chi connectivity index (χ4n) is 13.0. The van der Waals surface area contributed by atoms with Gasteiger partial charge < -0.3 is 61.4 Å². The molecule has 4 aliphatic carbocycles. The molecule has 2 amide bonds. The van der Waals surface area contributed by atoms with E-state index in [1.165, 1.54) is 23.1 Å². The predicted octanol–water partition coefficient (Wildman–Crippen LogP) is 9.99. The maximum Gasteiger partial charge on any atom is 0.229 e. The summed E-state index contributed by atoms with van der Waals surface area (Å²) in [5.74, 6) is 0.481. The maximum atomic E-state index is 15.0. The van der Waals surface area contributed by atoms with Crippen molar-refractivity contribution in [3.8, 4) is 11.5 Å². The second-order valence-corrected chi connectivity index (χ2v) is 24.1. The lowest BCUT2D eigenvalue weighted by atomic mass is 9.87. The highest BCUT2D eigenvalue weighted by Crippen LogP contribution is 2.47. The molecule has 2 saturated heterocycles. The van der Waals surface area contributed by atoms with Crippen molar-refractivity contribution in [3.63, 3.8) is 0 Å². The van der Waals surface area contributed by atoms with E-state index in [2.05, 4.69) is 137 Å². The molecule has 0 spiro atoms. The Bertz CT molecular complexity index is 3420. The molecule has 18 nitrogen and oxygen atoms in total. The summed E-state index contributed by atoms with van der Waals surface area (Å²) in [6.45, 7) is 16.7. The molecule has 4 heterocycles. The Morgan fingerprint density at radius 1 is 0.598 bits per heavy atom. The van der Waals surface area contributed by atoms with E-state index in [0.717, 1.165) is 111 Å². The summed E-state index contributed by atoms with van der Waals surface area (Å²) >= 11 is 5.81. The van der Waals surface area contributed by atoms with Gasteiger partial charge in [-0.2, -0.15) is 9.97 Å². The van der Waals surface area contributed by atoms with Gasteiger partial charge in [-0.3, -0.25) is 9.59 Å². The largest absolute Gasteiger partial charge is 0.497 e. The van der Waals surface area contributed by atoms with Gasteiger partial charge in [0, 0.05) is 87.2 Å². The summed E-state index contributed by atoms with van der Waals surface area (Å²) < 4.78 is 39.6. The van der Waals surface area contributed by atoms with Gasteiger partial charge in [-0.1, -0.05) is 48.6 Å². The highest BCUT2D eigenvalue weighted by molar-refractivity contribution is 6.28. The number of nitrogens with two attached hydrogens (primary N) is 1. The first-order valence-electron chi connectivity index (χ1n) is 30.0. The molecule has 0 radical (unpaired) electrons. The third kappa shape index (κ3) is 14.9. The van der Waals surface area contributed by atoms with E-state index in [4.69, 9.17) is 26.8 Å². The summed E-state index contributed by atoms with van der Waals surface area (Å²) in [6, 6.07) is 26.7. The number of amides is 2. The number of hydrogen-bond donors (Lipinski definition) is 6. The van der Waals surface area contributed by atoms with Crippen LogP contribution in [0.2, 0.25) is 5.28 Å². The highest BCUT2D eigenvalue weighted by atomic mass is 35.5. The first-order valence-corrected chi connectivity index (χ1v) is 30.4. The molecule has 4 bridgehead atoms. The van der Waals surface area contributed by atoms with Gasteiger partial charge in [0.1, 0.15) is 11.5 Å². The van der Waals surface area contributed by atoms with Gasteiger partial charge in [0.15, 0.2) is 23.3 Å². The standard InChI is InChI=1S/C33H40FN7O2.C21H22ClFN4O2.C12H19N3/c1-20-17-25(9-12-28(20)41-15-13-40(3)14-16-41)37-33-35-19-27(34)31(39-33)38-30-24-6-5-23(18-24)29(30)32(42)36-21(2)22-7-10-26(43-4)11-8-22;1-11(12-5-7-15(29-2)8-6-12)25-20(28)17-13-3-4-14(9-13)18(17)26-19-16(23)10-24-21(22)27-19;1-10-9-11(13)3-4-12(10)15-7-5-14(2)6-8-15/h5-12,17,19,21,23-24,29-30H,13-16,18H2,1-4H3,(H,36,42)(H2,35,37,38,39);3-8,10-11,13-14,17-18H,9H2,1-2H3,(H,25,28)(H,24,26,27);3-4,9H,5-8,13H2,1-2H3/t21-,23-,24+,29+,30-;11-,13-,14+,17+,18-;/m11./s1.